The topological polar surface area (TPSA) is 42.1 Å². The van der Waals surface area contributed by atoms with Crippen LogP contribution in [0.1, 0.15) is 21.6 Å². The molecule has 0 unspecified atom stereocenters. The Balaban J connectivity index is 1.88. The van der Waals surface area contributed by atoms with Crippen molar-refractivity contribution in [2.24, 2.45) is 5.73 Å². The van der Waals surface area contributed by atoms with Gasteiger partial charge in [0.1, 0.15) is 5.82 Å². The zero-order chi connectivity index (χ0) is 12.5. The van der Waals surface area contributed by atoms with E-state index in [0.29, 0.717) is 6.54 Å². The summed E-state index contributed by atoms with van der Waals surface area (Å²) in [6.45, 7) is 4.71. The van der Waals surface area contributed by atoms with Crippen LogP contribution in [0.5, 0.6) is 0 Å². The molecule has 1 aliphatic rings. The molecule has 0 radical (unpaired) electrons. The fraction of sp³-hybridized carbons (Fsp3) is 0.357. The Kier molecular flexibility index (Phi) is 3.06. The van der Waals surface area contributed by atoms with Crippen molar-refractivity contribution >= 4 is 17.2 Å². The number of nitrogens with zero attached hydrogens (tertiary/aromatic N) is 2. The molecule has 3 nitrogen and oxygen atoms in total. The number of pyridine rings is 1. The normalized spacial score (nSPS) is 14.7. The van der Waals surface area contributed by atoms with Gasteiger partial charge < -0.3 is 10.6 Å². The molecule has 0 fully saturated rings. The van der Waals surface area contributed by atoms with E-state index < -0.39 is 0 Å². The molecule has 4 heteroatoms. The zero-order valence-electron chi connectivity index (χ0n) is 10.5. The largest absolute Gasteiger partial charge is 0.352 e. The van der Waals surface area contributed by atoms with Gasteiger partial charge in [0, 0.05) is 30.7 Å². The Morgan fingerprint density at radius 1 is 1.50 bits per heavy atom. The van der Waals surface area contributed by atoms with Crippen LogP contribution in [0.4, 0.5) is 5.82 Å². The van der Waals surface area contributed by atoms with Gasteiger partial charge in [-0.2, -0.15) is 0 Å². The SMILES string of the molecule is Cc1cc(CN)cnc1N1CCc2sccc2C1. The second-order valence-corrected chi connectivity index (χ2v) is 5.73. The highest BCUT2D eigenvalue weighted by atomic mass is 32.1. The lowest BCUT2D eigenvalue weighted by molar-refractivity contribution is 0.728. The van der Waals surface area contributed by atoms with Crippen LogP contribution in [0.3, 0.4) is 0 Å². The molecule has 3 rings (SSSR count). The first-order chi connectivity index (χ1) is 8.78. The Bertz CT molecular complexity index is 562. The molecule has 1 aliphatic heterocycles. The van der Waals surface area contributed by atoms with Gasteiger partial charge in [-0.3, -0.25) is 0 Å². The van der Waals surface area contributed by atoms with E-state index in [1.165, 1.54) is 16.0 Å². The van der Waals surface area contributed by atoms with Crippen molar-refractivity contribution < 1.29 is 0 Å². The van der Waals surface area contributed by atoms with E-state index >= 15 is 0 Å². The molecule has 0 aromatic carbocycles. The van der Waals surface area contributed by atoms with Gasteiger partial charge in [0.05, 0.1) is 0 Å². The maximum atomic E-state index is 5.64. The van der Waals surface area contributed by atoms with E-state index in [-0.39, 0.29) is 0 Å². The smallest absolute Gasteiger partial charge is 0.131 e. The van der Waals surface area contributed by atoms with E-state index in [2.05, 4.69) is 34.3 Å². The average molecular weight is 259 g/mol. The number of hydrogen-bond donors (Lipinski definition) is 1. The van der Waals surface area contributed by atoms with Crippen molar-refractivity contribution in [1.29, 1.82) is 0 Å². The van der Waals surface area contributed by atoms with E-state index in [1.807, 2.05) is 17.5 Å². The summed E-state index contributed by atoms with van der Waals surface area (Å²) >= 11 is 1.87. The summed E-state index contributed by atoms with van der Waals surface area (Å²) in [6.07, 6.45) is 3.03. The second kappa shape index (κ2) is 4.71. The first-order valence-corrected chi connectivity index (χ1v) is 7.11. The van der Waals surface area contributed by atoms with Gasteiger partial charge >= 0.3 is 0 Å². The van der Waals surface area contributed by atoms with Gasteiger partial charge in [0.2, 0.25) is 0 Å². The van der Waals surface area contributed by atoms with E-state index in [9.17, 15) is 0 Å². The van der Waals surface area contributed by atoms with Gasteiger partial charge in [-0.1, -0.05) is 0 Å². The number of rotatable bonds is 2. The number of aromatic nitrogens is 1. The zero-order valence-corrected chi connectivity index (χ0v) is 11.3. The molecule has 0 saturated heterocycles. The predicted molar refractivity (Wildman–Crippen MR) is 75.9 cm³/mol. The molecule has 0 amide bonds. The fourth-order valence-corrected chi connectivity index (χ4v) is 3.39. The first-order valence-electron chi connectivity index (χ1n) is 6.23. The lowest BCUT2D eigenvalue weighted by atomic mass is 10.1. The van der Waals surface area contributed by atoms with Gasteiger partial charge in [-0.05, 0) is 47.5 Å². The minimum atomic E-state index is 0.558. The summed E-state index contributed by atoms with van der Waals surface area (Å²) in [7, 11) is 0. The summed E-state index contributed by atoms with van der Waals surface area (Å²) in [4.78, 5) is 8.48. The summed E-state index contributed by atoms with van der Waals surface area (Å²) in [5.74, 6) is 1.10. The number of thiophene rings is 1. The third-order valence-electron chi connectivity index (χ3n) is 3.45. The molecular weight excluding hydrogens is 242 g/mol. The molecule has 2 N–H and O–H groups in total. The standard InChI is InChI=1S/C14H17N3S/c1-10-6-11(7-15)8-16-14(10)17-4-2-13-12(9-17)3-5-18-13/h3,5-6,8H,2,4,7,9,15H2,1H3. The molecule has 3 heterocycles. The van der Waals surface area contributed by atoms with E-state index in [0.717, 1.165) is 30.9 Å². The van der Waals surface area contributed by atoms with Crippen molar-refractivity contribution in [2.45, 2.75) is 26.4 Å². The van der Waals surface area contributed by atoms with Crippen molar-refractivity contribution in [3.05, 3.63) is 45.3 Å². The van der Waals surface area contributed by atoms with Crippen LogP contribution >= 0.6 is 11.3 Å². The van der Waals surface area contributed by atoms with Crippen LogP contribution in [0.15, 0.2) is 23.7 Å². The predicted octanol–water partition coefficient (Wildman–Crippen LogP) is 2.47. The minimum absolute atomic E-state index is 0.558. The highest BCUT2D eigenvalue weighted by Gasteiger charge is 2.19. The molecule has 0 aliphatic carbocycles. The van der Waals surface area contributed by atoms with Crippen molar-refractivity contribution in [3.8, 4) is 0 Å². The number of fused-ring (bicyclic) bond motifs is 1. The average Bonchev–Trinajstić information content (AvgIpc) is 2.85. The van der Waals surface area contributed by atoms with Gasteiger partial charge in [0.15, 0.2) is 0 Å². The summed E-state index contributed by atoms with van der Waals surface area (Å²) < 4.78 is 0. The van der Waals surface area contributed by atoms with Gasteiger partial charge in [-0.25, -0.2) is 4.98 Å². The maximum absolute atomic E-state index is 5.64. The molecular formula is C14H17N3S. The van der Waals surface area contributed by atoms with Crippen LogP contribution in [0, 0.1) is 6.92 Å². The third kappa shape index (κ3) is 2.02. The van der Waals surface area contributed by atoms with E-state index in [1.54, 1.807) is 0 Å². The lowest BCUT2D eigenvalue weighted by Gasteiger charge is -2.29. The summed E-state index contributed by atoms with van der Waals surface area (Å²) in [5.41, 5.74) is 9.42. The summed E-state index contributed by atoms with van der Waals surface area (Å²) in [5, 5.41) is 2.19. The van der Waals surface area contributed by atoms with E-state index in [4.69, 9.17) is 5.73 Å². The Morgan fingerprint density at radius 2 is 2.39 bits per heavy atom. The number of nitrogens with two attached hydrogens (primary N) is 1. The second-order valence-electron chi connectivity index (χ2n) is 4.73. The maximum Gasteiger partial charge on any atom is 0.131 e. The fourth-order valence-electron chi connectivity index (χ4n) is 2.50. The molecule has 0 saturated carbocycles. The Morgan fingerprint density at radius 3 is 3.17 bits per heavy atom. The van der Waals surface area contributed by atoms with Crippen LogP contribution in [0.25, 0.3) is 0 Å². The first kappa shape index (κ1) is 11.7. The molecule has 18 heavy (non-hydrogen) atoms. The van der Waals surface area contributed by atoms with Crippen molar-refractivity contribution in [1.82, 2.24) is 4.98 Å². The van der Waals surface area contributed by atoms with Crippen LogP contribution in [-0.2, 0) is 19.5 Å². The van der Waals surface area contributed by atoms with Gasteiger partial charge in [-0.15, -0.1) is 11.3 Å². The molecule has 0 bridgehead atoms. The Labute approximate surface area is 111 Å². The van der Waals surface area contributed by atoms with Crippen molar-refractivity contribution in [2.75, 3.05) is 11.4 Å². The monoisotopic (exact) mass is 259 g/mol. The third-order valence-corrected chi connectivity index (χ3v) is 4.47. The van der Waals surface area contributed by atoms with Crippen LogP contribution < -0.4 is 10.6 Å². The Hall–Kier alpha value is -1.39. The lowest BCUT2D eigenvalue weighted by Crippen LogP contribution is -2.30. The number of anilines is 1. The molecule has 0 spiro atoms. The van der Waals surface area contributed by atoms with Crippen LogP contribution in [-0.4, -0.2) is 11.5 Å². The van der Waals surface area contributed by atoms with Crippen molar-refractivity contribution in [3.63, 3.8) is 0 Å². The number of hydrogen-bond acceptors (Lipinski definition) is 4. The summed E-state index contributed by atoms with van der Waals surface area (Å²) in [6, 6.07) is 4.38. The minimum Gasteiger partial charge on any atom is -0.352 e. The quantitative estimate of drug-likeness (QED) is 0.901. The van der Waals surface area contributed by atoms with Crippen LogP contribution in [0.2, 0.25) is 0 Å². The number of aryl methyl sites for hydroxylation is 1. The molecule has 0 atom stereocenters. The highest BCUT2D eigenvalue weighted by Crippen LogP contribution is 2.28. The highest BCUT2D eigenvalue weighted by molar-refractivity contribution is 7.10. The molecule has 2 aromatic rings. The molecule has 94 valence electrons. The van der Waals surface area contributed by atoms with Gasteiger partial charge in [0.25, 0.3) is 0 Å². The molecule has 2 aromatic heterocycles.